The summed E-state index contributed by atoms with van der Waals surface area (Å²) in [7, 11) is 0. The third kappa shape index (κ3) is 4.70. The number of carbonyl (C=O) groups excluding carboxylic acids is 1. The predicted molar refractivity (Wildman–Crippen MR) is 125 cm³/mol. The smallest absolute Gasteiger partial charge is 0.226 e. The maximum atomic E-state index is 13.6. The Morgan fingerprint density at radius 2 is 1.97 bits per heavy atom. The number of aryl methyl sites for hydroxylation is 2. The summed E-state index contributed by atoms with van der Waals surface area (Å²) in [5.41, 5.74) is 1.54. The Bertz CT molecular complexity index is 1110. The van der Waals surface area contributed by atoms with Gasteiger partial charge >= 0.3 is 0 Å². The van der Waals surface area contributed by atoms with E-state index in [0.29, 0.717) is 17.9 Å². The van der Waals surface area contributed by atoms with Gasteiger partial charge in [-0.3, -0.25) is 4.79 Å². The Hall–Kier alpha value is -3.03. The van der Waals surface area contributed by atoms with Gasteiger partial charge in [-0.25, -0.2) is 19.3 Å². The minimum Gasteiger partial charge on any atom is -0.341 e. The first kappa shape index (κ1) is 21.8. The molecule has 174 valence electrons. The molecule has 0 spiro atoms. The van der Waals surface area contributed by atoms with Crippen molar-refractivity contribution in [1.29, 1.82) is 0 Å². The second-order valence-corrected chi connectivity index (χ2v) is 9.30. The van der Waals surface area contributed by atoms with Gasteiger partial charge in [0, 0.05) is 55.9 Å². The highest BCUT2D eigenvalue weighted by Gasteiger charge is 2.34. The van der Waals surface area contributed by atoms with E-state index < -0.39 is 0 Å². The van der Waals surface area contributed by atoms with Gasteiger partial charge in [0.25, 0.3) is 0 Å². The highest BCUT2D eigenvalue weighted by Crippen LogP contribution is 2.28. The lowest BCUT2D eigenvalue weighted by molar-refractivity contribution is -0.140. The normalized spacial score (nSPS) is 19.9. The SMILES string of the molecule is Cc1nc(N2CCC(C(=O)N3CCCCC3CCn3ccnc3)CC2)nc2ccc(F)cc12. The Labute approximate surface area is 193 Å². The highest BCUT2D eigenvalue weighted by atomic mass is 19.1. The molecule has 1 unspecified atom stereocenters. The highest BCUT2D eigenvalue weighted by molar-refractivity contribution is 5.82. The molecule has 0 bridgehead atoms. The molecule has 0 radical (unpaired) electrons. The van der Waals surface area contributed by atoms with E-state index in [0.717, 1.165) is 74.9 Å². The van der Waals surface area contributed by atoms with Crippen molar-refractivity contribution in [3.63, 3.8) is 0 Å². The van der Waals surface area contributed by atoms with Crippen LogP contribution in [0.25, 0.3) is 10.9 Å². The molecule has 2 aliphatic heterocycles. The fraction of sp³-hybridized carbons (Fsp3) is 0.520. The number of piperidine rings is 2. The number of carbonyl (C=O) groups is 1. The van der Waals surface area contributed by atoms with Crippen LogP contribution in [0.15, 0.2) is 36.9 Å². The summed E-state index contributed by atoms with van der Waals surface area (Å²) >= 11 is 0. The minimum absolute atomic E-state index is 0.0609. The van der Waals surface area contributed by atoms with Crippen molar-refractivity contribution < 1.29 is 9.18 Å². The fourth-order valence-electron chi connectivity index (χ4n) is 5.25. The number of halogens is 1. The van der Waals surface area contributed by atoms with Crippen molar-refractivity contribution in [2.45, 2.75) is 58.0 Å². The van der Waals surface area contributed by atoms with Gasteiger partial charge < -0.3 is 14.4 Å². The van der Waals surface area contributed by atoms with Crippen LogP contribution in [0.3, 0.4) is 0 Å². The second kappa shape index (κ2) is 9.45. The average Bonchev–Trinajstić information content (AvgIpc) is 3.37. The number of aromatic nitrogens is 4. The van der Waals surface area contributed by atoms with Gasteiger partial charge in [0.2, 0.25) is 11.9 Å². The lowest BCUT2D eigenvalue weighted by Gasteiger charge is -2.40. The zero-order valence-corrected chi connectivity index (χ0v) is 19.2. The number of fused-ring (bicyclic) bond motifs is 1. The van der Waals surface area contributed by atoms with Gasteiger partial charge in [0.05, 0.1) is 17.5 Å². The predicted octanol–water partition coefficient (Wildman–Crippen LogP) is 3.96. The molecule has 33 heavy (non-hydrogen) atoms. The molecule has 8 heteroatoms. The van der Waals surface area contributed by atoms with E-state index in [-0.39, 0.29) is 11.7 Å². The summed E-state index contributed by atoms with van der Waals surface area (Å²) in [6, 6.07) is 4.95. The zero-order chi connectivity index (χ0) is 22.8. The number of rotatable bonds is 5. The molecule has 7 nitrogen and oxygen atoms in total. The number of imidazole rings is 1. The molecule has 2 fully saturated rings. The molecule has 2 saturated heterocycles. The van der Waals surface area contributed by atoms with Crippen LogP contribution in [0.5, 0.6) is 0 Å². The van der Waals surface area contributed by atoms with Gasteiger partial charge in [-0.2, -0.15) is 0 Å². The van der Waals surface area contributed by atoms with E-state index in [4.69, 9.17) is 0 Å². The number of hydrogen-bond donors (Lipinski definition) is 0. The second-order valence-electron chi connectivity index (χ2n) is 9.30. The molecule has 3 aromatic rings. The molecule has 1 atom stereocenters. The van der Waals surface area contributed by atoms with Crippen LogP contribution in [0.1, 0.15) is 44.2 Å². The standard InChI is InChI=1S/C25H31FN6O/c1-18-22-16-20(26)5-6-23(22)29-25(28-18)31-13-7-19(8-14-31)24(33)32-11-3-2-4-21(32)9-12-30-15-10-27-17-30/h5-6,10,15-17,19,21H,2-4,7-9,11-14H2,1H3. The lowest BCUT2D eigenvalue weighted by atomic mass is 9.92. The number of benzene rings is 1. The molecule has 1 amide bonds. The van der Waals surface area contributed by atoms with Gasteiger partial charge in [-0.05, 0) is 63.6 Å². The fourth-order valence-corrected chi connectivity index (χ4v) is 5.25. The number of nitrogens with zero attached hydrogens (tertiary/aromatic N) is 6. The molecular formula is C25H31FN6O. The van der Waals surface area contributed by atoms with E-state index in [1.54, 1.807) is 12.3 Å². The molecule has 1 aromatic carbocycles. The maximum absolute atomic E-state index is 13.6. The molecule has 4 heterocycles. The summed E-state index contributed by atoms with van der Waals surface area (Å²) < 4.78 is 15.7. The summed E-state index contributed by atoms with van der Waals surface area (Å²) in [5.74, 6) is 0.776. The first-order valence-corrected chi connectivity index (χ1v) is 12.0. The number of likely N-dealkylation sites (tertiary alicyclic amines) is 1. The van der Waals surface area contributed by atoms with Crippen LogP contribution in [0.4, 0.5) is 10.3 Å². The van der Waals surface area contributed by atoms with Gasteiger partial charge in [-0.15, -0.1) is 0 Å². The van der Waals surface area contributed by atoms with E-state index in [9.17, 15) is 9.18 Å². The summed E-state index contributed by atoms with van der Waals surface area (Å²) in [6.45, 7) is 5.18. The largest absolute Gasteiger partial charge is 0.341 e. The molecular weight excluding hydrogens is 419 g/mol. The van der Waals surface area contributed by atoms with E-state index in [2.05, 4.69) is 29.3 Å². The summed E-state index contributed by atoms with van der Waals surface area (Å²) in [4.78, 5) is 31.2. The molecule has 0 saturated carbocycles. The van der Waals surface area contributed by atoms with Crippen molar-refractivity contribution in [3.8, 4) is 0 Å². The third-order valence-corrected chi connectivity index (χ3v) is 7.15. The van der Waals surface area contributed by atoms with E-state index in [1.807, 2.05) is 19.4 Å². The van der Waals surface area contributed by atoms with Gasteiger partial charge in [-0.1, -0.05) is 0 Å². The van der Waals surface area contributed by atoms with Crippen molar-refractivity contribution in [3.05, 3.63) is 48.4 Å². The number of amides is 1. The van der Waals surface area contributed by atoms with Crippen molar-refractivity contribution in [1.82, 2.24) is 24.4 Å². The summed E-state index contributed by atoms with van der Waals surface area (Å²) in [5, 5.41) is 0.746. The van der Waals surface area contributed by atoms with E-state index >= 15 is 0 Å². The van der Waals surface area contributed by atoms with Gasteiger partial charge in [0.1, 0.15) is 5.82 Å². The summed E-state index contributed by atoms with van der Waals surface area (Å²) in [6.07, 6.45) is 11.6. The van der Waals surface area contributed by atoms with Crippen LogP contribution in [0, 0.1) is 18.7 Å². The number of anilines is 1. The van der Waals surface area contributed by atoms with Crippen LogP contribution >= 0.6 is 0 Å². The van der Waals surface area contributed by atoms with Crippen LogP contribution < -0.4 is 4.90 Å². The molecule has 0 aliphatic carbocycles. The molecule has 0 N–H and O–H groups in total. The quantitative estimate of drug-likeness (QED) is 0.589. The maximum Gasteiger partial charge on any atom is 0.226 e. The minimum atomic E-state index is -0.276. The monoisotopic (exact) mass is 450 g/mol. The van der Waals surface area contributed by atoms with Crippen LogP contribution in [-0.4, -0.2) is 56.0 Å². The third-order valence-electron chi connectivity index (χ3n) is 7.15. The average molecular weight is 451 g/mol. The topological polar surface area (TPSA) is 67.2 Å². The Morgan fingerprint density at radius 1 is 1.12 bits per heavy atom. The Kier molecular flexibility index (Phi) is 6.24. The number of hydrogen-bond acceptors (Lipinski definition) is 5. The van der Waals surface area contributed by atoms with Crippen molar-refractivity contribution in [2.75, 3.05) is 24.5 Å². The Morgan fingerprint density at radius 3 is 2.76 bits per heavy atom. The molecule has 5 rings (SSSR count). The lowest BCUT2D eigenvalue weighted by Crippen LogP contribution is -2.49. The first-order chi connectivity index (χ1) is 16.1. The first-order valence-electron chi connectivity index (χ1n) is 12.0. The van der Waals surface area contributed by atoms with Crippen LogP contribution in [0.2, 0.25) is 0 Å². The zero-order valence-electron chi connectivity index (χ0n) is 19.2. The van der Waals surface area contributed by atoms with Crippen molar-refractivity contribution >= 4 is 22.8 Å². The van der Waals surface area contributed by atoms with Crippen LogP contribution in [-0.2, 0) is 11.3 Å². The Balaban J connectivity index is 1.22. The van der Waals surface area contributed by atoms with E-state index in [1.165, 1.54) is 18.6 Å². The molecule has 2 aromatic heterocycles. The van der Waals surface area contributed by atoms with Crippen molar-refractivity contribution in [2.24, 2.45) is 5.92 Å². The molecule has 2 aliphatic rings. The van der Waals surface area contributed by atoms with Gasteiger partial charge in [0.15, 0.2) is 0 Å².